The fourth-order valence-corrected chi connectivity index (χ4v) is 4.97. The summed E-state index contributed by atoms with van der Waals surface area (Å²) in [4.78, 5) is 6.40. The Kier molecular flexibility index (Phi) is 19.3. The summed E-state index contributed by atoms with van der Waals surface area (Å²) in [5.74, 6) is -0.822. The maximum atomic E-state index is 13.4. The zero-order chi connectivity index (χ0) is 30.6. The molecule has 0 aliphatic rings. The van der Waals surface area contributed by atoms with E-state index in [0.717, 1.165) is 30.0 Å². The van der Waals surface area contributed by atoms with Crippen molar-refractivity contribution >= 4 is 34.6 Å². The Bertz CT molecular complexity index is 1380. The minimum atomic E-state index is -0.438. The molecular formula is C37H51Cl2F2N3O. The third-order valence-electron chi connectivity index (χ3n) is 6.82. The van der Waals surface area contributed by atoms with Crippen LogP contribution >= 0.6 is 23.2 Å². The Morgan fingerprint density at radius 3 is 1.33 bits per heavy atom. The van der Waals surface area contributed by atoms with E-state index in [4.69, 9.17) is 23.2 Å². The quantitative estimate of drug-likeness (QED) is 0.173. The van der Waals surface area contributed by atoms with E-state index in [1.54, 1.807) is 24.3 Å². The van der Waals surface area contributed by atoms with Crippen LogP contribution in [0.3, 0.4) is 0 Å². The maximum Gasteiger partial charge on any atom is 0.141 e. The van der Waals surface area contributed by atoms with E-state index in [0.29, 0.717) is 6.54 Å². The van der Waals surface area contributed by atoms with Gasteiger partial charge in [0.05, 0.1) is 16.7 Å². The van der Waals surface area contributed by atoms with Crippen molar-refractivity contribution in [2.75, 3.05) is 37.0 Å². The molecule has 8 heteroatoms. The molecule has 0 saturated carbocycles. The highest BCUT2D eigenvalue weighted by Crippen LogP contribution is 2.27. The van der Waals surface area contributed by atoms with Crippen LogP contribution in [0.15, 0.2) is 97.1 Å². The van der Waals surface area contributed by atoms with Crippen LogP contribution in [0.1, 0.15) is 47.3 Å². The molecular weight excluding hydrogens is 611 g/mol. The molecule has 0 aliphatic heterocycles. The number of benzene rings is 4. The molecule has 4 aromatic carbocycles. The van der Waals surface area contributed by atoms with Gasteiger partial charge in [-0.05, 0) is 75.5 Å². The molecule has 2 unspecified atom stereocenters. The summed E-state index contributed by atoms with van der Waals surface area (Å²) in [5.41, 5.74) is 4.06. The average Bonchev–Trinajstić information content (AvgIpc) is 2.98. The first kappa shape index (κ1) is 41.8. The van der Waals surface area contributed by atoms with Gasteiger partial charge < -0.3 is 19.8 Å². The SMILES string of the molecule is C.C.C.CC(CN(C)C)N(Cc1ccccc1)c1ccc(F)c(Cl)c1.CC(CO)N(Cc1ccccc1)c1ccc(F)c(Cl)c1. The molecule has 0 bridgehead atoms. The Hall–Kier alpha value is -3.16. The smallest absolute Gasteiger partial charge is 0.141 e. The molecule has 4 rings (SSSR count). The predicted molar refractivity (Wildman–Crippen MR) is 193 cm³/mol. The fraction of sp³-hybridized carbons (Fsp3) is 0.351. The van der Waals surface area contributed by atoms with Crippen LogP contribution in [0, 0.1) is 11.6 Å². The summed E-state index contributed by atoms with van der Waals surface area (Å²) in [6.07, 6.45) is 0. The Labute approximate surface area is 280 Å². The van der Waals surface area contributed by atoms with E-state index >= 15 is 0 Å². The summed E-state index contributed by atoms with van der Waals surface area (Å²) >= 11 is 11.8. The molecule has 45 heavy (non-hydrogen) atoms. The van der Waals surface area contributed by atoms with E-state index in [-0.39, 0.29) is 56.8 Å². The molecule has 4 aromatic rings. The zero-order valence-electron chi connectivity index (χ0n) is 24.5. The van der Waals surface area contributed by atoms with Gasteiger partial charge in [-0.3, -0.25) is 0 Å². The minimum Gasteiger partial charge on any atom is -0.394 e. The van der Waals surface area contributed by atoms with Crippen LogP contribution in [0.2, 0.25) is 10.0 Å². The van der Waals surface area contributed by atoms with Gasteiger partial charge in [-0.2, -0.15) is 0 Å². The first-order chi connectivity index (χ1) is 20.1. The molecule has 0 amide bonds. The van der Waals surface area contributed by atoms with Crippen molar-refractivity contribution in [1.82, 2.24) is 4.90 Å². The molecule has 0 heterocycles. The van der Waals surface area contributed by atoms with Gasteiger partial charge in [0.15, 0.2) is 0 Å². The minimum absolute atomic E-state index is 0. The van der Waals surface area contributed by atoms with Crippen LogP contribution < -0.4 is 9.80 Å². The zero-order valence-corrected chi connectivity index (χ0v) is 26.0. The number of halogens is 4. The van der Waals surface area contributed by atoms with Gasteiger partial charge >= 0.3 is 0 Å². The van der Waals surface area contributed by atoms with Gasteiger partial charge in [-0.25, -0.2) is 8.78 Å². The van der Waals surface area contributed by atoms with Gasteiger partial charge in [-0.1, -0.05) is 106 Å². The van der Waals surface area contributed by atoms with Crippen LogP contribution in [0.5, 0.6) is 0 Å². The second-order valence-electron chi connectivity index (χ2n) is 10.6. The number of anilines is 2. The monoisotopic (exact) mass is 661 g/mol. The Morgan fingerprint density at radius 2 is 1.00 bits per heavy atom. The fourth-order valence-electron chi connectivity index (χ4n) is 4.62. The summed E-state index contributed by atoms with van der Waals surface area (Å²) < 4.78 is 26.7. The van der Waals surface area contributed by atoms with Crippen LogP contribution in [-0.4, -0.2) is 49.3 Å². The first-order valence-electron chi connectivity index (χ1n) is 13.9. The van der Waals surface area contributed by atoms with Crippen molar-refractivity contribution in [1.29, 1.82) is 0 Å². The molecule has 0 fully saturated rings. The highest BCUT2D eigenvalue weighted by molar-refractivity contribution is 6.31. The number of nitrogens with zero attached hydrogens (tertiary/aromatic N) is 3. The lowest BCUT2D eigenvalue weighted by atomic mass is 10.1. The largest absolute Gasteiger partial charge is 0.394 e. The number of aliphatic hydroxyl groups is 1. The molecule has 0 radical (unpaired) electrons. The summed E-state index contributed by atoms with van der Waals surface area (Å²) in [7, 11) is 4.10. The van der Waals surface area contributed by atoms with Gasteiger partial charge in [0.25, 0.3) is 0 Å². The lowest BCUT2D eigenvalue weighted by molar-refractivity contribution is 0.266. The molecule has 4 nitrogen and oxygen atoms in total. The van der Waals surface area contributed by atoms with Crippen molar-refractivity contribution < 1.29 is 13.9 Å². The third-order valence-corrected chi connectivity index (χ3v) is 7.40. The van der Waals surface area contributed by atoms with E-state index in [9.17, 15) is 13.9 Å². The topological polar surface area (TPSA) is 30.0 Å². The van der Waals surface area contributed by atoms with Crippen molar-refractivity contribution in [2.24, 2.45) is 0 Å². The number of hydrogen-bond acceptors (Lipinski definition) is 4. The Morgan fingerprint density at radius 1 is 0.622 bits per heavy atom. The highest BCUT2D eigenvalue weighted by atomic mass is 35.5. The second-order valence-corrected chi connectivity index (χ2v) is 11.4. The normalized spacial score (nSPS) is 11.5. The number of hydrogen-bond donors (Lipinski definition) is 1. The standard InChI is InChI=1S/C18H22ClFN2.C16H17ClFNO.3CH4/c1-14(12-21(2)3)22(13-15-7-5-4-6-8-15)16-9-10-18(20)17(19)11-16;1-12(11-20)19(10-13-5-3-2-4-6-13)14-7-8-16(18)15(17)9-14;;;/h4-11,14H,12-13H2,1-3H3;2-9,12,20H,10-11H2,1H3;3*1H4. The average molecular weight is 663 g/mol. The van der Waals surface area contributed by atoms with Crippen molar-refractivity contribution in [3.8, 4) is 0 Å². The van der Waals surface area contributed by atoms with E-state index in [1.165, 1.54) is 17.7 Å². The molecule has 2 atom stereocenters. The molecule has 0 aromatic heterocycles. The summed E-state index contributed by atoms with van der Waals surface area (Å²) in [6.45, 7) is 6.40. The van der Waals surface area contributed by atoms with Gasteiger partial charge in [0.2, 0.25) is 0 Å². The number of rotatable bonds is 11. The highest BCUT2D eigenvalue weighted by Gasteiger charge is 2.18. The molecule has 0 spiro atoms. The van der Waals surface area contributed by atoms with E-state index < -0.39 is 5.82 Å². The third kappa shape index (κ3) is 13.0. The second kappa shape index (κ2) is 20.8. The van der Waals surface area contributed by atoms with Crippen LogP contribution in [0.4, 0.5) is 20.2 Å². The predicted octanol–water partition coefficient (Wildman–Crippen LogP) is 10.2. The van der Waals surface area contributed by atoms with Crippen molar-refractivity contribution in [3.63, 3.8) is 0 Å². The summed E-state index contributed by atoms with van der Waals surface area (Å²) in [5, 5.41) is 9.67. The molecule has 248 valence electrons. The van der Waals surface area contributed by atoms with Gasteiger partial charge in [-0.15, -0.1) is 0 Å². The maximum absolute atomic E-state index is 13.4. The van der Waals surface area contributed by atoms with Crippen molar-refractivity contribution in [3.05, 3.63) is 130 Å². The van der Waals surface area contributed by atoms with Gasteiger partial charge in [0.1, 0.15) is 11.6 Å². The molecule has 0 saturated heterocycles. The molecule has 1 N–H and O–H groups in total. The van der Waals surface area contributed by atoms with Crippen LogP contribution in [0.25, 0.3) is 0 Å². The summed E-state index contributed by atoms with van der Waals surface area (Å²) in [6, 6.07) is 29.9. The molecule has 0 aliphatic carbocycles. The number of likely N-dealkylation sites (N-methyl/N-ethyl adjacent to an activating group) is 1. The van der Waals surface area contributed by atoms with Crippen molar-refractivity contribution in [2.45, 2.75) is 61.3 Å². The Balaban J connectivity index is 0.000000810. The first-order valence-corrected chi connectivity index (χ1v) is 14.6. The van der Waals surface area contributed by atoms with E-state index in [1.807, 2.05) is 60.4 Å². The van der Waals surface area contributed by atoms with Crippen LogP contribution in [-0.2, 0) is 13.1 Å². The van der Waals surface area contributed by atoms with E-state index in [2.05, 4.69) is 43.0 Å². The van der Waals surface area contributed by atoms with Gasteiger partial charge in [0, 0.05) is 43.1 Å². The lowest BCUT2D eigenvalue weighted by Gasteiger charge is -2.33. The lowest BCUT2D eigenvalue weighted by Crippen LogP contribution is -2.39. The number of aliphatic hydroxyl groups excluding tert-OH is 1.